The Balaban J connectivity index is 1.81. The Hall–Kier alpha value is -3.17. The summed E-state index contributed by atoms with van der Waals surface area (Å²) < 4.78 is 0. The molecule has 0 saturated carbocycles. The number of nitrogens with zero attached hydrogens (tertiary/aromatic N) is 1. The number of fused-ring (bicyclic) bond motifs is 1. The van der Waals surface area contributed by atoms with E-state index in [0.717, 1.165) is 33.4 Å². The fourth-order valence-electron chi connectivity index (χ4n) is 3.08. The molecule has 0 aliphatic carbocycles. The highest BCUT2D eigenvalue weighted by molar-refractivity contribution is 6.30. The summed E-state index contributed by atoms with van der Waals surface area (Å²) in [7, 11) is 0. The number of halogens is 1. The second-order valence-electron chi connectivity index (χ2n) is 6.35. The summed E-state index contributed by atoms with van der Waals surface area (Å²) >= 11 is 6.02. The fourth-order valence-corrected chi connectivity index (χ4v) is 3.30. The maximum atomic E-state index is 13.1. The van der Waals surface area contributed by atoms with Crippen molar-refractivity contribution in [2.75, 3.05) is 5.32 Å². The highest BCUT2D eigenvalue weighted by Crippen LogP contribution is 2.26. The van der Waals surface area contributed by atoms with E-state index in [9.17, 15) is 4.79 Å². The Labute approximate surface area is 162 Å². The lowest BCUT2D eigenvalue weighted by atomic mass is 10.0. The largest absolute Gasteiger partial charge is 0.322 e. The van der Waals surface area contributed by atoms with E-state index in [0.29, 0.717) is 10.6 Å². The van der Waals surface area contributed by atoms with Crippen LogP contribution < -0.4 is 5.32 Å². The van der Waals surface area contributed by atoms with Gasteiger partial charge < -0.3 is 5.32 Å². The number of anilines is 1. The average Bonchev–Trinajstić information content (AvgIpc) is 2.70. The maximum Gasteiger partial charge on any atom is 0.256 e. The number of carbonyl (C=O) groups excluding carboxylic acids is 1. The van der Waals surface area contributed by atoms with Gasteiger partial charge in [0.2, 0.25) is 0 Å². The number of amides is 1. The van der Waals surface area contributed by atoms with Crippen LogP contribution in [0.4, 0.5) is 5.69 Å². The summed E-state index contributed by atoms with van der Waals surface area (Å²) in [6, 6.07) is 24.8. The number of para-hydroxylation sites is 1. The Bertz CT molecular complexity index is 1140. The van der Waals surface area contributed by atoms with Gasteiger partial charge in [-0.15, -0.1) is 0 Å². The minimum Gasteiger partial charge on any atom is -0.322 e. The molecule has 0 aliphatic heterocycles. The highest BCUT2D eigenvalue weighted by atomic mass is 35.5. The molecule has 0 bridgehead atoms. The van der Waals surface area contributed by atoms with Crippen LogP contribution >= 0.6 is 11.6 Å². The summed E-state index contributed by atoms with van der Waals surface area (Å²) in [5.41, 5.74) is 4.78. The number of pyridine rings is 1. The minimum atomic E-state index is -0.170. The van der Waals surface area contributed by atoms with Crippen molar-refractivity contribution in [2.45, 2.75) is 6.92 Å². The van der Waals surface area contributed by atoms with Crippen LogP contribution in [0.5, 0.6) is 0 Å². The molecule has 3 nitrogen and oxygen atoms in total. The molecule has 0 aliphatic rings. The molecule has 27 heavy (non-hydrogen) atoms. The van der Waals surface area contributed by atoms with Gasteiger partial charge in [-0.25, -0.2) is 4.98 Å². The second-order valence-corrected chi connectivity index (χ2v) is 6.79. The molecule has 0 unspecified atom stereocenters. The Morgan fingerprint density at radius 1 is 0.926 bits per heavy atom. The predicted octanol–water partition coefficient (Wildman–Crippen LogP) is 6.12. The standard InChI is InChI=1S/C23H17ClN2O/c1-15-13-17(24)11-12-20(15)26-23(27)19-14-22(16-7-3-2-4-8-16)25-21-10-6-5-9-18(19)21/h2-14H,1H3,(H,26,27). The first kappa shape index (κ1) is 17.3. The van der Waals surface area contributed by atoms with Crippen molar-refractivity contribution in [1.82, 2.24) is 4.98 Å². The van der Waals surface area contributed by atoms with Crippen LogP contribution in [-0.4, -0.2) is 10.9 Å². The zero-order valence-electron chi connectivity index (χ0n) is 14.7. The SMILES string of the molecule is Cc1cc(Cl)ccc1NC(=O)c1cc(-c2ccccc2)nc2ccccc12. The van der Waals surface area contributed by atoms with Crippen molar-refractivity contribution in [2.24, 2.45) is 0 Å². The number of aromatic nitrogens is 1. The molecule has 4 rings (SSSR count). The molecule has 0 fully saturated rings. The van der Waals surface area contributed by atoms with Crippen molar-refractivity contribution in [3.05, 3.63) is 95.0 Å². The van der Waals surface area contributed by atoms with Crippen LogP contribution in [0.1, 0.15) is 15.9 Å². The first-order valence-electron chi connectivity index (χ1n) is 8.64. The van der Waals surface area contributed by atoms with Crippen LogP contribution in [0.15, 0.2) is 78.9 Å². The summed E-state index contributed by atoms with van der Waals surface area (Å²) in [4.78, 5) is 17.8. The number of hydrogen-bond donors (Lipinski definition) is 1. The van der Waals surface area contributed by atoms with Gasteiger partial charge in [-0.1, -0.05) is 60.1 Å². The normalized spacial score (nSPS) is 10.7. The third kappa shape index (κ3) is 3.55. The number of carbonyl (C=O) groups is 1. The first-order valence-corrected chi connectivity index (χ1v) is 9.02. The van der Waals surface area contributed by atoms with Crippen molar-refractivity contribution in [1.29, 1.82) is 0 Å². The maximum absolute atomic E-state index is 13.1. The predicted molar refractivity (Wildman–Crippen MR) is 111 cm³/mol. The summed E-state index contributed by atoms with van der Waals surface area (Å²) in [5, 5.41) is 4.46. The van der Waals surface area contributed by atoms with Gasteiger partial charge in [0, 0.05) is 21.7 Å². The van der Waals surface area contributed by atoms with Crippen molar-refractivity contribution < 1.29 is 4.79 Å². The van der Waals surface area contributed by atoms with E-state index < -0.39 is 0 Å². The van der Waals surface area contributed by atoms with Crippen molar-refractivity contribution in [3.63, 3.8) is 0 Å². The molecule has 1 heterocycles. The lowest BCUT2D eigenvalue weighted by Crippen LogP contribution is -2.14. The van der Waals surface area contributed by atoms with Gasteiger partial charge >= 0.3 is 0 Å². The molecule has 1 aromatic heterocycles. The molecule has 0 atom stereocenters. The van der Waals surface area contributed by atoms with Crippen molar-refractivity contribution >= 4 is 34.1 Å². The molecule has 1 amide bonds. The quantitative estimate of drug-likeness (QED) is 0.471. The van der Waals surface area contributed by atoms with Crippen LogP contribution in [0.25, 0.3) is 22.2 Å². The average molecular weight is 373 g/mol. The van der Waals surface area contributed by atoms with Crippen LogP contribution in [0.3, 0.4) is 0 Å². The number of rotatable bonds is 3. The topological polar surface area (TPSA) is 42.0 Å². The first-order chi connectivity index (χ1) is 13.1. The number of hydrogen-bond acceptors (Lipinski definition) is 2. The lowest BCUT2D eigenvalue weighted by Gasteiger charge is -2.12. The number of aryl methyl sites for hydroxylation is 1. The van der Waals surface area contributed by atoms with Gasteiger partial charge in [-0.2, -0.15) is 0 Å². The Kier molecular flexibility index (Phi) is 4.61. The molecule has 0 spiro atoms. The smallest absolute Gasteiger partial charge is 0.256 e. The molecule has 0 radical (unpaired) electrons. The number of benzene rings is 3. The van der Waals surface area contributed by atoms with E-state index in [1.165, 1.54) is 0 Å². The zero-order valence-corrected chi connectivity index (χ0v) is 15.5. The summed E-state index contributed by atoms with van der Waals surface area (Å²) in [6.45, 7) is 1.92. The van der Waals surface area contributed by atoms with E-state index in [1.807, 2.05) is 79.7 Å². The molecule has 4 heteroatoms. The summed E-state index contributed by atoms with van der Waals surface area (Å²) in [5.74, 6) is -0.170. The van der Waals surface area contributed by atoms with Gasteiger partial charge in [0.1, 0.15) is 0 Å². The lowest BCUT2D eigenvalue weighted by molar-refractivity contribution is 0.102. The molecule has 132 valence electrons. The van der Waals surface area contributed by atoms with Gasteiger partial charge in [0.25, 0.3) is 5.91 Å². The third-order valence-electron chi connectivity index (χ3n) is 4.47. The third-order valence-corrected chi connectivity index (χ3v) is 4.70. The Morgan fingerprint density at radius 2 is 1.67 bits per heavy atom. The molecular weight excluding hydrogens is 356 g/mol. The second kappa shape index (κ2) is 7.22. The van der Waals surface area contributed by atoms with Gasteiger partial charge in [0.05, 0.1) is 16.8 Å². The van der Waals surface area contributed by atoms with Crippen molar-refractivity contribution in [3.8, 4) is 11.3 Å². The van der Waals surface area contributed by atoms with Crippen LogP contribution in [0.2, 0.25) is 5.02 Å². The molecule has 3 aromatic carbocycles. The molecule has 1 N–H and O–H groups in total. The minimum absolute atomic E-state index is 0.170. The van der Waals surface area contributed by atoms with E-state index in [4.69, 9.17) is 16.6 Å². The van der Waals surface area contributed by atoms with E-state index in [1.54, 1.807) is 6.07 Å². The van der Waals surface area contributed by atoms with Gasteiger partial charge in [-0.05, 0) is 42.8 Å². The van der Waals surface area contributed by atoms with Gasteiger partial charge in [-0.3, -0.25) is 4.79 Å². The highest BCUT2D eigenvalue weighted by Gasteiger charge is 2.15. The molecule has 4 aromatic rings. The Morgan fingerprint density at radius 3 is 2.44 bits per heavy atom. The fraction of sp³-hybridized carbons (Fsp3) is 0.0435. The summed E-state index contributed by atoms with van der Waals surface area (Å²) in [6.07, 6.45) is 0. The zero-order chi connectivity index (χ0) is 18.8. The van der Waals surface area contributed by atoms with Crippen LogP contribution in [0, 0.1) is 6.92 Å². The van der Waals surface area contributed by atoms with Gasteiger partial charge in [0.15, 0.2) is 0 Å². The van der Waals surface area contributed by atoms with E-state index in [-0.39, 0.29) is 5.91 Å². The number of nitrogens with one attached hydrogen (secondary N) is 1. The monoisotopic (exact) mass is 372 g/mol. The van der Waals surface area contributed by atoms with E-state index >= 15 is 0 Å². The van der Waals surface area contributed by atoms with Crippen LogP contribution in [-0.2, 0) is 0 Å². The van der Waals surface area contributed by atoms with E-state index in [2.05, 4.69) is 5.32 Å². The molecular formula is C23H17ClN2O. The molecule has 0 saturated heterocycles.